The third kappa shape index (κ3) is 4.37. The van der Waals surface area contributed by atoms with E-state index in [4.69, 9.17) is 4.74 Å². The van der Waals surface area contributed by atoms with Gasteiger partial charge in [-0.15, -0.1) is 0 Å². The Morgan fingerprint density at radius 3 is 2.24 bits per heavy atom. The van der Waals surface area contributed by atoms with Gasteiger partial charge in [-0.1, -0.05) is 36.4 Å². The van der Waals surface area contributed by atoms with Crippen LogP contribution < -0.4 is 9.46 Å². The van der Waals surface area contributed by atoms with Crippen molar-refractivity contribution in [1.82, 2.24) is 4.72 Å². The quantitative estimate of drug-likeness (QED) is 0.734. The van der Waals surface area contributed by atoms with E-state index in [2.05, 4.69) is 4.72 Å². The highest BCUT2D eigenvalue weighted by atomic mass is 32.2. The van der Waals surface area contributed by atoms with Crippen LogP contribution in [0.25, 0.3) is 11.1 Å². The topological polar surface area (TPSA) is 89.5 Å². The normalized spacial score (nSPS) is 12.0. The summed E-state index contributed by atoms with van der Waals surface area (Å²) in [4.78, 5) is -0.0328. The van der Waals surface area contributed by atoms with Crippen LogP contribution in [0.2, 0.25) is 0 Å². The average Bonchev–Trinajstić information content (AvgIpc) is 2.54. The monoisotopic (exact) mass is 381 g/mol. The zero-order chi connectivity index (χ0) is 18.7. The molecule has 134 valence electrons. The van der Waals surface area contributed by atoms with Crippen molar-refractivity contribution in [2.24, 2.45) is 0 Å². The Hall–Kier alpha value is -1.95. The van der Waals surface area contributed by atoms with Crippen LogP contribution in [-0.4, -0.2) is 20.3 Å². The Morgan fingerprint density at radius 1 is 1.04 bits per heavy atom. The van der Waals surface area contributed by atoms with Crippen LogP contribution in [0.15, 0.2) is 53.4 Å². The van der Waals surface area contributed by atoms with E-state index >= 15 is 0 Å². The van der Waals surface area contributed by atoms with Crippen LogP contribution in [0.3, 0.4) is 0 Å². The molecule has 0 heterocycles. The van der Waals surface area contributed by atoms with Gasteiger partial charge in [-0.2, -0.15) is 4.72 Å². The molecule has 1 N–H and O–H groups in total. The van der Waals surface area contributed by atoms with Crippen LogP contribution in [0, 0.1) is 0 Å². The largest absolute Gasteiger partial charge is 0.493 e. The summed E-state index contributed by atoms with van der Waals surface area (Å²) in [6.07, 6.45) is 0. The van der Waals surface area contributed by atoms with Crippen molar-refractivity contribution in [1.29, 1.82) is 0 Å². The summed E-state index contributed by atoms with van der Waals surface area (Å²) in [5.41, 5.74) is 1.06. The fraction of sp³-hybridized carbons (Fsp3) is 0.294. The molecule has 0 bridgehead atoms. The van der Waals surface area contributed by atoms with Crippen molar-refractivity contribution < 1.29 is 22.3 Å². The van der Waals surface area contributed by atoms with E-state index in [1.807, 2.05) is 6.07 Å². The minimum absolute atomic E-state index is 0.0328. The zero-order valence-electron chi connectivity index (χ0n) is 14.2. The molecule has 2 aromatic carbocycles. The second-order valence-electron chi connectivity index (χ2n) is 5.85. The van der Waals surface area contributed by atoms with E-state index in [1.54, 1.807) is 43.3 Å². The standard InChI is InChI=1S/C17H20NO5PS/c1-4-23-14-11-8-12-15(16(14)13-9-6-5-7-10-13)25(21,22)18-17(2,3)24(19)20/h5-12,18H,4H2,1-3H3. The second-order valence-corrected chi connectivity index (χ2v) is 9.13. The Balaban J connectivity index is 2.67. The van der Waals surface area contributed by atoms with E-state index in [0.29, 0.717) is 23.5 Å². The predicted octanol–water partition coefficient (Wildman–Crippen LogP) is 3.94. The number of nitrogens with one attached hydrogen (secondary N) is 1. The minimum Gasteiger partial charge on any atom is -0.493 e. The molecule has 0 spiro atoms. The molecule has 0 aliphatic heterocycles. The Bertz CT molecular complexity index is 913. The van der Waals surface area contributed by atoms with Gasteiger partial charge in [0.1, 0.15) is 11.0 Å². The maximum absolute atomic E-state index is 12.9. The van der Waals surface area contributed by atoms with E-state index < -0.39 is 23.0 Å². The third-order valence-electron chi connectivity index (χ3n) is 3.48. The first kappa shape index (κ1) is 19.4. The van der Waals surface area contributed by atoms with Crippen molar-refractivity contribution in [3.8, 4) is 16.9 Å². The second kappa shape index (κ2) is 7.52. The van der Waals surface area contributed by atoms with Crippen LogP contribution >= 0.6 is 7.68 Å². The van der Waals surface area contributed by atoms with Gasteiger partial charge in [0.15, 0.2) is 0 Å². The lowest BCUT2D eigenvalue weighted by atomic mass is 10.0. The van der Waals surface area contributed by atoms with Gasteiger partial charge in [-0.25, -0.2) is 17.5 Å². The highest BCUT2D eigenvalue weighted by Gasteiger charge is 2.33. The summed E-state index contributed by atoms with van der Waals surface area (Å²) in [6, 6.07) is 13.6. The summed E-state index contributed by atoms with van der Waals surface area (Å²) >= 11 is 0. The molecular weight excluding hydrogens is 361 g/mol. The molecule has 0 radical (unpaired) electrons. The number of hydrogen-bond donors (Lipinski definition) is 1. The lowest BCUT2D eigenvalue weighted by Crippen LogP contribution is -2.39. The molecule has 6 nitrogen and oxygen atoms in total. The first-order valence-corrected chi connectivity index (χ1v) is 10.3. The molecular formula is C17H20NO5PS. The summed E-state index contributed by atoms with van der Waals surface area (Å²) in [6.45, 7) is 4.77. The van der Waals surface area contributed by atoms with Crippen LogP contribution in [0.1, 0.15) is 20.8 Å². The smallest absolute Gasteiger partial charge is 0.336 e. The van der Waals surface area contributed by atoms with E-state index in [-0.39, 0.29) is 4.90 Å². The van der Waals surface area contributed by atoms with E-state index in [1.165, 1.54) is 19.9 Å². The van der Waals surface area contributed by atoms with Gasteiger partial charge in [0.05, 0.1) is 11.5 Å². The number of rotatable bonds is 7. The lowest BCUT2D eigenvalue weighted by molar-refractivity contribution is 0.341. The average molecular weight is 381 g/mol. The lowest BCUT2D eigenvalue weighted by Gasteiger charge is -2.20. The maximum Gasteiger partial charge on any atom is 0.336 e. The summed E-state index contributed by atoms with van der Waals surface area (Å²) in [7, 11) is -7.09. The minimum atomic E-state index is -4.10. The Morgan fingerprint density at radius 2 is 1.68 bits per heavy atom. The predicted molar refractivity (Wildman–Crippen MR) is 95.7 cm³/mol. The van der Waals surface area contributed by atoms with Crippen molar-refractivity contribution in [2.45, 2.75) is 30.9 Å². The SMILES string of the molecule is CCOc1cccc(S(=O)(=O)NC(C)(C)P(=O)=O)c1-c1ccccc1. The summed E-state index contributed by atoms with van der Waals surface area (Å²) in [5, 5.41) is -1.61. The van der Waals surface area contributed by atoms with Gasteiger partial charge in [-0.05, 0) is 38.5 Å². The first-order valence-electron chi connectivity index (χ1n) is 7.68. The molecule has 0 atom stereocenters. The first-order chi connectivity index (χ1) is 11.7. The molecule has 0 unspecified atom stereocenters. The maximum atomic E-state index is 12.9. The molecule has 2 aromatic rings. The summed E-state index contributed by atoms with van der Waals surface area (Å²) in [5.74, 6) is 0.417. The number of ether oxygens (including phenoxy) is 1. The molecule has 25 heavy (non-hydrogen) atoms. The van der Waals surface area contributed by atoms with Crippen LogP contribution in [0.5, 0.6) is 5.75 Å². The molecule has 0 fully saturated rings. The Kier molecular flexibility index (Phi) is 5.83. The Labute approximate surface area is 148 Å². The fourth-order valence-corrected chi connectivity index (χ4v) is 4.49. The fourth-order valence-electron chi connectivity index (χ4n) is 2.32. The van der Waals surface area contributed by atoms with Gasteiger partial charge in [-0.3, -0.25) is 0 Å². The van der Waals surface area contributed by atoms with Gasteiger partial charge in [0, 0.05) is 5.56 Å². The number of sulfonamides is 1. The molecule has 0 saturated heterocycles. The molecule has 0 aliphatic rings. The highest BCUT2D eigenvalue weighted by Crippen LogP contribution is 2.37. The van der Waals surface area contributed by atoms with Gasteiger partial charge < -0.3 is 4.74 Å². The third-order valence-corrected chi connectivity index (χ3v) is 6.35. The molecule has 0 aromatic heterocycles. The molecule has 0 aliphatic carbocycles. The molecule has 0 amide bonds. The summed E-state index contributed by atoms with van der Waals surface area (Å²) < 4.78 is 56.3. The molecule has 8 heteroatoms. The van der Waals surface area contributed by atoms with Crippen LogP contribution in [-0.2, 0) is 19.2 Å². The van der Waals surface area contributed by atoms with Crippen molar-refractivity contribution in [2.75, 3.05) is 6.61 Å². The van der Waals surface area contributed by atoms with E-state index in [0.717, 1.165) is 0 Å². The van der Waals surface area contributed by atoms with E-state index in [9.17, 15) is 17.5 Å². The number of hydrogen-bond acceptors (Lipinski definition) is 5. The molecule has 2 rings (SSSR count). The zero-order valence-corrected chi connectivity index (χ0v) is 15.9. The van der Waals surface area contributed by atoms with Gasteiger partial charge in [0.2, 0.25) is 10.0 Å². The highest BCUT2D eigenvalue weighted by molar-refractivity contribution is 7.90. The van der Waals surface area contributed by atoms with Crippen LogP contribution in [0.4, 0.5) is 0 Å². The van der Waals surface area contributed by atoms with Crippen molar-refractivity contribution >= 4 is 17.7 Å². The van der Waals surface area contributed by atoms with Crippen molar-refractivity contribution in [3.63, 3.8) is 0 Å². The van der Waals surface area contributed by atoms with Gasteiger partial charge >= 0.3 is 7.68 Å². The van der Waals surface area contributed by atoms with Gasteiger partial charge in [0.25, 0.3) is 0 Å². The van der Waals surface area contributed by atoms with Crippen molar-refractivity contribution in [3.05, 3.63) is 48.5 Å². The number of benzene rings is 2. The molecule has 0 saturated carbocycles.